The van der Waals surface area contributed by atoms with Crippen LogP contribution in [0.3, 0.4) is 0 Å². The first-order chi connectivity index (χ1) is 14.3. The predicted octanol–water partition coefficient (Wildman–Crippen LogP) is 3.17. The second kappa shape index (κ2) is 7.92. The number of H-pyrrole nitrogens is 1. The van der Waals surface area contributed by atoms with Gasteiger partial charge in [0.05, 0.1) is 5.52 Å². The molecule has 1 aliphatic rings. The number of aromatic amines is 1. The molecule has 1 fully saturated rings. The van der Waals surface area contributed by atoms with E-state index in [4.69, 9.17) is 0 Å². The van der Waals surface area contributed by atoms with Gasteiger partial charge >= 0.3 is 0 Å². The Balaban J connectivity index is 1.55. The summed E-state index contributed by atoms with van der Waals surface area (Å²) in [5, 5.41) is 4.01. The highest BCUT2D eigenvalue weighted by molar-refractivity contribution is 7.89. The highest BCUT2D eigenvalue weighted by Crippen LogP contribution is 2.27. The van der Waals surface area contributed by atoms with Gasteiger partial charge < -0.3 is 14.9 Å². The van der Waals surface area contributed by atoms with E-state index >= 15 is 0 Å². The number of hydrogen-bond donors (Lipinski definition) is 2. The number of aromatic nitrogens is 2. The molecule has 1 aromatic carbocycles. The van der Waals surface area contributed by atoms with Gasteiger partial charge in [-0.15, -0.1) is 0 Å². The van der Waals surface area contributed by atoms with Crippen molar-refractivity contribution in [3.63, 3.8) is 0 Å². The average Bonchev–Trinajstić information content (AvgIpc) is 3.32. The fourth-order valence-electron chi connectivity index (χ4n) is 4.08. The van der Waals surface area contributed by atoms with Gasteiger partial charge in [-0.1, -0.05) is 25.1 Å². The summed E-state index contributed by atoms with van der Waals surface area (Å²) in [6, 6.07) is 9.42. The molecule has 8 heteroatoms. The van der Waals surface area contributed by atoms with Gasteiger partial charge in [0.25, 0.3) is 5.91 Å². The average molecular weight is 429 g/mol. The number of sulfonamides is 1. The zero-order chi connectivity index (χ0) is 21.5. The van der Waals surface area contributed by atoms with Crippen LogP contribution in [0, 0.1) is 12.8 Å². The first-order valence-electron chi connectivity index (χ1n) is 10.3. The van der Waals surface area contributed by atoms with Crippen LogP contribution >= 0.6 is 0 Å². The minimum absolute atomic E-state index is 0.219. The van der Waals surface area contributed by atoms with Crippen molar-refractivity contribution in [2.75, 3.05) is 13.1 Å². The first-order valence-corrected chi connectivity index (χ1v) is 11.7. The molecule has 3 heterocycles. The smallest absolute Gasteiger partial charge is 0.268 e. The highest BCUT2D eigenvalue weighted by atomic mass is 32.2. The van der Waals surface area contributed by atoms with Gasteiger partial charge in [-0.25, -0.2) is 8.42 Å². The molecule has 0 saturated carbocycles. The Labute approximate surface area is 177 Å². The number of carbonyl (C=O) groups excluding carboxylic acids is 1. The van der Waals surface area contributed by atoms with Crippen LogP contribution < -0.4 is 5.32 Å². The fourth-order valence-corrected chi connectivity index (χ4v) is 5.82. The molecule has 1 aliphatic heterocycles. The number of nitrogens with one attached hydrogen (secondary N) is 2. The molecule has 7 nitrogen and oxygen atoms in total. The predicted molar refractivity (Wildman–Crippen MR) is 117 cm³/mol. The standard InChI is InChI=1S/C22H28N4O3S/c1-15-8-11-26(12-9-15)30(28,29)20-13-19(25(3)16(20)2)22(27)24-14-18-6-4-5-17-7-10-23-21(17)18/h4-7,10,13,15,23H,8-9,11-12,14H2,1-3H3,(H,24,27). The topological polar surface area (TPSA) is 87.2 Å². The number of rotatable bonds is 5. The number of fused-ring (bicyclic) bond motifs is 1. The fraction of sp³-hybridized carbons (Fsp3) is 0.409. The molecule has 0 aliphatic carbocycles. The first kappa shape index (κ1) is 20.7. The van der Waals surface area contributed by atoms with Crippen molar-refractivity contribution in [2.24, 2.45) is 13.0 Å². The minimum atomic E-state index is -3.61. The van der Waals surface area contributed by atoms with Crippen LogP contribution in [0.25, 0.3) is 10.9 Å². The van der Waals surface area contributed by atoms with Crippen LogP contribution in [0.1, 0.15) is 41.5 Å². The number of benzene rings is 1. The highest BCUT2D eigenvalue weighted by Gasteiger charge is 2.32. The van der Waals surface area contributed by atoms with Gasteiger partial charge in [0.1, 0.15) is 10.6 Å². The van der Waals surface area contributed by atoms with Gasteiger partial charge in [0.2, 0.25) is 10.0 Å². The SMILES string of the molecule is Cc1c(S(=O)(=O)N2CCC(C)CC2)cc(C(=O)NCc2cccc3cc[nH]c23)n1C. The molecule has 2 N–H and O–H groups in total. The molecule has 1 amide bonds. The lowest BCUT2D eigenvalue weighted by molar-refractivity contribution is 0.0942. The monoisotopic (exact) mass is 428 g/mol. The second-order valence-corrected chi connectivity index (χ2v) is 10.1. The molecule has 30 heavy (non-hydrogen) atoms. The number of nitrogens with zero attached hydrogens (tertiary/aromatic N) is 2. The number of para-hydroxylation sites is 1. The third kappa shape index (κ3) is 3.65. The van der Waals surface area contributed by atoms with Crippen molar-refractivity contribution in [2.45, 2.75) is 38.1 Å². The van der Waals surface area contributed by atoms with E-state index < -0.39 is 10.0 Å². The zero-order valence-corrected chi connectivity index (χ0v) is 18.4. The quantitative estimate of drug-likeness (QED) is 0.654. The normalized spacial score (nSPS) is 16.2. The summed E-state index contributed by atoms with van der Waals surface area (Å²) in [4.78, 5) is 16.3. The van der Waals surface area contributed by atoms with Crippen LogP contribution in [0.2, 0.25) is 0 Å². The lowest BCUT2D eigenvalue weighted by Crippen LogP contribution is -2.38. The maximum Gasteiger partial charge on any atom is 0.268 e. The Kier molecular flexibility index (Phi) is 5.46. The molecule has 4 rings (SSSR count). The van der Waals surface area contributed by atoms with E-state index in [2.05, 4.69) is 17.2 Å². The van der Waals surface area contributed by atoms with Crippen molar-refractivity contribution < 1.29 is 13.2 Å². The Hall–Kier alpha value is -2.58. The molecule has 0 unspecified atom stereocenters. The Morgan fingerprint density at radius 1 is 1.23 bits per heavy atom. The van der Waals surface area contributed by atoms with Crippen LogP contribution in [-0.4, -0.2) is 41.3 Å². The molecule has 0 bridgehead atoms. The van der Waals surface area contributed by atoms with Gasteiger partial charge in [0, 0.05) is 38.6 Å². The number of hydrogen-bond acceptors (Lipinski definition) is 3. The largest absolute Gasteiger partial charge is 0.361 e. The third-order valence-corrected chi connectivity index (χ3v) is 8.21. The van der Waals surface area contributed by atoms with Gasteiger partial charge in [-0.05, 0) is 48.8 Å². The Morgan fingerprint density at radius 2 is 1.97 bits per heavy atom. The molecule has 0 spiro atoms. The molecule has 0 radical (unpaired) electrons. The molecule has 160 valence electrons. The third-order valence-electron chi connectivity index (χ3n) is 6.19. The number of amides is 1. The second-order valence-electron chi connectivity index (χ2n) is 8.17. The van der Waals surface area contributed by atoms with E-state index in [-0.39, 0.29) is 10.8 Å². The van der Waals surface area contributed by atoms with Crippen molar-refractivity contribution in [1.29, 1.82) is 0 Å². The molecule has 3 aromatic rings. The summed E-state index contributed by atoms with van der Waals surface area (Å²) < 4.78 is 29.6. The summed E-state index contributed by atoms with van der Waals surface area (Å²) >= 11 is 0. The van der Waals surface area contributed by atoms with Gasteiger partial charge in [-0.3, -0.25) is 4.79 Å². The molecular weight excluding hydrogens is 400 g/mol. The van der Waals surface area contributed by atoms with Gasteiger partial charge in [-0.2, -0.15) is 4.31 Å². The zero-order valence-electron chi connectivity index (χ0n) is 17.6. The summed E-state index contributed by atoms with van der Waals surface area (Å²) in [6.07, 6.45) is 3.60. The van der Waals surface area contributed by atoms with E-state index in [9.17, 15) is 13.2 Å². The van der Waals surface area contributed by atoms with E-state index in [1.165, 1.54) is 6.07 Å². The maximum atomic E-state index is 13.2. The van der Waals surface area contributed by atoms with Crippen molar-refractivity contribution in [3.8, 4) is 0 Å². The minimum Gasteiger partial charge on any atom is -0.361 e. The summed E-state index contributed by atoms with van der Waals surface area (Å²) in [5.74, 6) is 0.247. The van der Waals surface area contributed by atoms with Crippen LogP contribution in [0.5, 0.6) is 0 Å². The van der Waals surface area contributed by atoms with Crippen molar-refractivity contribution >= 4 is 26.8 Å². The van der Waals surface area contributed by atoms with E-state index in [0.717, 1.165) is 29.3 Å². The van der Waals surface area contributed by atoms with Crippen LogP contribution in [0.15, 0.2) is 41.4 Å². The van der Waals surface area contributed by atoms with E-state index in [0.29, 0.717) is 36.9 Å². The molecule has 2 aromatic heterocycles. The lowest BCUT2D eigenvalue weighted by atomic mass is 10.0. The summed E-state index contributed by atoms with van der Waals surface area (Å²) in [6.45, 7) is 5.30. The van der Waals surface area contributed by atoms with Crippen LogP contribution in [-0.2, 0) is 23.6 Å². The van der Waals surface area contributed by atoms with Crippen molar-refractivity contribution in [1.82, 2.24) is 19.2 Å². The van der Waals surface area contributed by atoms with Gasteiger partial charge in [0.15, 0.2) is 0 Å². The summed E-state index contributed by atoms with van der Waals surface area (Å²) in [5.41, 5.74) is 2.89. The van der Waals surface area contributed by atoms with Crippen LogP contribution in [0.4, 0.5) is 0 Å². The molecule has 0 atom stereocenters. The lowest BCUT2D eigenvalue weighted by Gasteiger charge is -2.29. The van der Waals surface area contributed by atoms with Crippen molar-refractivity contribution in [3.05, 3.63) is 53.5 Å². The molecule has 1 saturated heterocycles. The van der Waals surface area contributed by atoms with E-state index in [1.54, 1.807) is 22.8 Å². The Bertz CT molecular complexity index is 1180. The van der Waals surface area contributed by atoms with E-state index in [1.807, 2.05) is 30.5 Å². The molecular formula is C22H28N4O3S. The number of carbonyl (C=O) groups is 1. The maximum absolute atomic E-state index is 13.2. The Morgan fingerprint density at radius 3 is 2.70 bits per heavy atom. The summed E-state index contributed by atoms with van der Waals surface area (Å²) in [7, 11) is -1.88. The number of piperidine rings is 1.